The monoisotopic (exact) mass is 262 g/mol. The van der Waals surface area contributed by atoms with Crippen molar-refractivity contribution in [2.24, 2.45) is 0 Å². The van der Waals surface area contributed by atoms with E-state index in [-0.39, 0.29) is 0 Å². The van der Waals surface area contributed by atoms with E-state index in [1.165, 1.54) is 17.5 Å². The number of benzene rings is 1. The van der Waals surface area contributed by atoms with Crippen LogP contribution in [0.5, 0.6) is 0 Å². The number of hydrogen-bond acceptors (Lipinski definition) is 2. The molecular formula is C17H30N2. The molecule has 0 bridgehead atoms. The van der Waals surface area contributed by atoms with Crippen molar-refractivity contribution in [2.45, 2.75) is 53.1 Å². The van der Waals surface area contributed by atoms with Gasteiger partial charge in [0.2, 0.25) is 0 Å². The Kier molecular flexibility index (Phi) is 7.76. The molecule has 0 aromatic heterocycles. The van der Waals surface area contributed by atoms with Gasteiger partial charge in [0.15, 0.2) is 0 Å². The van der Waals surface area contributed by atoms with Gasteiger partial charge in [0, 0.05) is 12.6 Å². The Labute approximate surface area is 119 Å². The van der Waals surface area contributed by atoms with E-state index in [9.17, 15) is 0 Å². The third-order valence-electron chi connectivity index (χ3n) is 3.87. The highest BCUT2D eigenvalue weighted by molar-refractivity contribution is 5.22. The normalized spacial score (nSPS) is 12.9. The first kappa shape index (κ1) is 16.2. The Morgan fingerprint density at radius 1 is 1.05 bits per heavy atom. The van der Waals surface area contributed by atoms with Crippen LogP contribution >= 0.6 is 0 Å². The van der Waals surface area contributed by atoms with Gasteiger partial charge in [-0.15, -0.1) is 0 Å². The molecule has 0 spiro atoms. The van der Waals surface area contributed by atoms with Gasteiger partial charge >= 0.3 is 0 Å². The van der Waals surface area contributed by atoms with E-state index in [0.717, 1.165) is 32.6 Å². The van der Waals surface area contributed by atoms with Crippen LogP contribution in [0, 0.1) is 0 Å². The Balaban J connectivity index is 2.51. The van der Waals surface area contributed by atoms with Gasteiger partial charge in [-0.25, -0.2) is 0 Å². The molecule has 0 aliphatic heterocycles. The fourth-order valence-corrected chi connectivity index (χ4v) is 2.29. The predicted octanol–water partition coefficient (Wildman–Crippen LogP) is 3.46. The van der Waals surface area contributed by atoms with Gasteiger partial charge in [0.25, 0.3) is 0 Å². The maximum absolute atomic E-state index is 3.37. The van der Waals surface area contributed by atoms with Crippen LogP contribution in [-0.4, -0.2) is 30.6 Å². The Morgan fingerprint density at radius 3 is 2.21 bits per heavy atom. The molecule has 0 aliphatic rings. The lowest BCUT2D eigenvalue weighted by molar-refractivity contribution is 0.206. The van der Waals surface area contributed by atoms with Crippen molar-refractivity contribution in [2.75, 3.05) is 19.6 Å². The number of nitrogens with one attached hydrogen (secondary N) is 1. The molecule has 0 fully saturated rings. The van der Waals surface area contributed by atoms with Crippen molar-refractivity contribution >= 4 is 0 Å². The van der Waals surface area contributed by atoms with Crippen LogP contribution in [0.3, 0.4) is 0 Å². The van der Waals surface area contributed by atoms with Crippen LogP contribution < -0.4 is 5.32 Å². The Hall–Kier alpha value is -0.860. The fourth-order valence-electron chi connectivity index (χ4n) is 2.29. The largest absolute Gasteiger partial charge is 0.317 e. The van der Waals surface area contributed by atoms with E-state index in [4.69, 9.17) is 0 Å². The molecular weight excluding hydrogens is 232 g/mol. The van der Waals surface area contributed by atoms with Crippen molar-refractivity contribution < 1.29 is 0 Å². The zero-order valence-corrected chi connectivity index (χ0v) is 13.1. The summed E-state index contributed by atoms with van der Waals surface area (Å²) in [6.45, 7) is 13.3. The van der Waals surface area contributed by atoms with Gasteiger partial charge < -0.3 is 5.32 Å². The van der Waals surface area contributed by atoms with Crippen molar-refractivity contribution in [3.63, 3.8) is 0 Å². The van der Waals surface area contributed by atoms with E-state index in [1.807, 2.05) is 0 Å². The summed E-state index contributed by atoms with van der Waals surface area (Å²) < 4.78 is 0. The van der Waals surface area contributed by atoms with Gasteiger partial charge in [0.1, 0.15) is 0 Å². The van der Waals surface area contributed by atoms with Gasteiger partial charge in [-0.3, -0.25) is 4.90 Å². The first-order valence-electron chi connectivity index (χ1n) is 7.73. The van der Waals surface area contributed by atoms with Crippen LogP contribution in [0.25, 0.3) is 0 Å². The van der Waals surface area contributed by atoms with Crippen LogP contribution in [0.15, 0.2) is 24.3 Å². The second kappa shape index (κ2) is 9.11. The molecule has 0 saturated heterocycles. The second-order valence-corrected chi connectivity index (χ2v) is 5.24. The zero-order valence-electron chi connectivity index (χ0n) is 13.1. The minimum atomic E-state index is 0.665. The second-order valence-electron chi connectivity index (χ2n) is 5.24. The summed E-state index contributed by atoms with van der Waals surface area (Å²) in [4.78, 5) is 2.54. The van der Waals surface area contributed by atoms with Crippen LogP contribution in [-0.2, 0) is 13.0 Å². The van der Waals surface area contributed by atoms with Gasteiger partial charge in [0.05, 0.1) is 0 Å². The molecule has 108 valence electrons. The number of likely N-dealkylation sites (N-methyl/N-ethyl adjacent to an activating group) is 1. The first-order chi connectivity index (χ1) is 9.21. The highest BCUT2D eigenvalue weighted by atomic mass is 15.1. The molecule has 1 aromatic rings. The number of nitrogens with zero attached hydrogens (tertiary/aromatic N) is 1. The molecule has 1 atom stereocenters. The molecule has 0 aliphatic carbocycles. The molecule has 1 aromatic carbocycles. The van der Waals surface area contributed by atoms with Gasteiger partial charge in [-0.2, -0.15) is 0 Å². The molecule has 0 saturated carbocycles. The van der Waals surface area contributed by atoms with Crippen molar-refractivity contribution in [1.29, 1.82) is 0 Å². The standard InChI is InChI=1S/C17H30N2/c1-5-15(4)19(7-3)14-17-10-8-16(9-11-17)12-13-18-6-2/h8-11,15,18H,5-7,12-14H2,1-4H3. The first-order valence-corrected chi connectivity index (χ1v) is 7.73. The summed E-state index contributed by atoms with van der Waals surface area (Å²) in [6, 6.07) is 9.78. The lowest BCUT2D eigenvalue weighted by Gasteiger charge is -2.27. The molecule has 2 nitrogen and oxygen atoms in total. The third-order valence-corrected chi connectivity index (χ3v) is 3.87. The van der Waals surface area contributed by atoms with Crippen LogP contribution in [0.1, 0.15) is 45.2 Å². The fraction of sp³-hybridized carbons (Fsp3) is 0.647. The highest BCUT2D eigenvalue weighted by Crippen LogP contribution is 2.11. The minimum Gasteiger partial charge on any atom is -0.317 e. The predicted molar refractivity (Wildman–Crippen MR) is 84.5 cm³/mol. The van der Waals surface area contributed by atoms with E-state index >= 15 is 0 Å². The highest BCUT2D eigenvalue weighted by Gasteiger charge is 2.10. The van der Waals surface area contributed by atoms with E-state index in [2.05, 4.69) is 62.2 Å². The molecule has 0 heterocycles. The molecule has 1 rings (SSSR count). The summed E-state index contributed by atoms with van der Waals surface area (Å²) in [7, 11) is 0. The number of rotatable bonds is 9. The lowest BCUT2D eigenvalue weighted by Crippen LogP contribution is -2.31. The third kappa shape index (κ3) is 5.75. The maximum atomic E-state index is 3.37. The summed E-state index contributed by atoms with van der Waals surface area (Å²) in [5.41, 5.74) is 2.85. The number of hydrogen-bond donors (Lipinski definition) is 1. The summed E-state index contributed by atoms with van der Waals surface area (Å²) >= 11 is 0. The summed E-state index contributed by atoms with van der Waals surface area (Å²) in [5.74, 6) is 0. The molecule has 1 N–H and O–H groups in total. The Morgan fingerprint density at radius 2 is 1.68 bits per heavy atom. The topological polar surface area (TPSA) is 15.3 Å². The minimum absolute atomic E-state index is 0.665. The summed E-state index contributed by atoms with van der Waals surface area (Å²) in [5, 5.41) is 3.37. The molecule has 0 amide bonds. The van der Waals surface area contributed by atoms with Gasteiger partial charge in [-0.05, 0) is 50.5 Å². The lowest BCUT2D eigenvalue weighted by atomic mass is 10.1. The van der Waals surface area contributed by atoms with E-state index in [0.29, 0.717) is 6.04 Å². The molecule has 0 radical (unpaired) electrons. The smallest absolute Gasteiger partial charge is 0.0236 e. The Bertz CT molecular complexity index is 332. The van der Waals surface area contributed by atoms with Crippen molar-refractivity contribution in [3.05, 3.63) is 35.4 Å². The molecule has 2 heteroatoms. The molecule has 1 unspecified atom stereocenters. The van der Waals surface area contributed by atoms with Gasteiger partial charge in [-0.1, -0.05) is 45.0 Å². The van der Waals surface area contributed by atoms with E-state index < -0.39 is 0 Å². The van der Waals surface area contributed by atoms with Crippen LogP contribution in [0.2, 0.25) is 0 Å². The quantitative estimate of drug-likeness (QED) is 0.686. The average molecular weight is 262 g/mol. The van der Waals surface area contributed by atoms with E-state index in [1.54, 1.807) is 0 Å². The average Bonchev–Trinajstić information content (AvgIpc) is 2.45. The van der Waals surface area contributed by atoms with Crippen molar-refractivity contribution in [3.8, 4) is 0 Å². The SMILES string of the molecule is CCNCCc1ccc(CN(CC)C(C)CC)cc1. The summed E-state index contributed by atoms with van der Waals surface area (Å²) in [6.07, 6.45) is 2.34. The zero-order chi connectivity index (χ0) is 14.1. The maximum Gasteiger partial charge on any atom is 0.0236 e. The van der Waals surface area contributed by atoms with Crippen LogP contribution in [0.4, 0.5) is 0 Å². The van der Waals surface area contributed by atoms with Crippen molar-refractivity contribution in [1.82, 2.24) is 10.2 Å². The molecule has 19 heavy (non-hydrogen) atoms.